The van der Waals surface area contributed by atoms with E-state index in [-0.39, 0.29) is 17.7 Å². The lowest BCUT2D eigenvalue weighted by molar-refractivity contribution is -0.144. The van der Waals surface area contributed by atoms with Gasteiger partial charge in [-0.2, -0.15) is 0 Å². The van der Waals surface area contributed by atoms with E-state index < -0.39 is 12.0 Å². The third-order valence-corrected chi connectivity index (χ3v) is 3.16. The van der Waals surface area contributed by atoms with E-state index in [1.807, 2.05) is 6.92 Å². The van der Waals surface area contributed by atoms with E-state index in [9.17, 15) is 9.59 Å². The van der Waals surface area contributed by atoms with Crippen LogP contribution in [0.1, 0.15) is 20.8 Å². The fourth-order valence-electron chi connectivity index (χ4n) is 1.68. The highest BCUT2D eigenvalue weighted by atomic mass is 16.4. The zero-order valence-corrected chi connectivity index (χ0v) is 9.99. The summed E-state index contributed by atoms with van der Waals surface area (Å²) in [6.07, 6.45) is 0. The van der Waals surface area contributed by atoms with Crippen molar-refractivity contribution < 1.29 is 14.7 Å². The first-order valence-corrected chi connectivity index (χ1v) is 5.67. The number of nitrogens with one attached hydrogen (secondary N) is 2. The summed E-state index contributed by atoms with van der Waals surface area (Å²) < 4.78 is 0. The molecule has 0 aromatic rings. The van der Waals surface area contributed by atoms with Gasteiger partial charge in [-0.15, -0.1) is 0 Å². The number of carboxylic acids is 1. The molecular weight excluding hydrogens is 208 g/mol. The van der Waals surface area contributed by atoms with Crippen LogP contribution in [-0.4, -0.2) is 36.1 Å². The Morgan fingerprint density at radius 2 is 1.88 bits per heavy atom. The van der Waals surface area contributed by atoms with E-state index in [4.69, 9.17) is 5.11 Å². The number of amides is 1. The highest BCUT2D eigenvalue weighted by Crippen LogP contribution is 2.16. The normalized spacial score (nSPS) is 20.0. The van der Waals surface area contributed by atoms with Crippen LogP contribution in [0.25, 0.3) is 0 Å². The molecule has 1 rings (SSSR count). The Balaban J connectivity index is 2.50. The monoisotopic (exact) mass is 228 g/mol. The molecule has 1 saturated heterocycles. The molecular formula is C11H20N2O3. The van der Waals surface area contributed by atoms with Crippen LogP contribution in [0, 0.1) is 17.8 Å². The smallest absolute Gasteiger partial charge is 0.326 e. The van der Waals surface area contributed by atoms with Gasteiger partial charge < -0.3 is 15.7 Å². The molecule has 2 atom stereocenters. The van der Waals surface area contributed by atoms with E-state index >= 15 is 0 Å². The van der Waals surface area contributed by atoms with Crippen molar-refractivity contribution in [2.24, 2.45) is 17.8 Å². The lowest BCUT2D eigenvalue weighted by atomic mass is 9.88. The van der Waals surface area contributed by atoms with Crippen molar-refractivity contribution in [3.63, 3.8) is 0 Å². The van der Waals surface area contributed by atoms with Crippen LogP contribution in [0.4, 0.5) is 0 Å². The minimum atomic E-state index is -0.970. The van der Waals surface area contributed by atoms with Crippen molar-refractivity contribution in [3.05, 3.63) is 0 Å². The van der Waals surface area contributed by atoms with Crippen LogP contribution in [0.3, 0.4) is 0 Å². The SMILES string of the molecule is CC(C(=O)N[C@H](C(=O)O)C(C)C)C1CNC1. The summed E-state index contributed by atoms with van der Waals surface area (Å²) in [4.78, 5) is 22.7. The lowest BCUT2D eigenvalue weighted by Crippen LogP contribution is -2.53. The minimum absolute atomic E-state index is 0.104. The summed E-state index contributed by atoms with van der Waals surface area (Å²) in [5.74, 6) is -1.02. The maximum Gasteiger partial charge on any atom is 0.326 e. The predicted octanol–water partition coefficient (Wildman–Crippen LogP) is 0.0673. The minimum Gasteiger partial charge on any atom is -0.480 e. The summed E-state index contributed by atoms with van der Waals surface area (Å²) in [7, 11) is 0. The highest BCUT2D eigenvalue weighted by molar-refractivity contribution is 5.85. The number of carbonyl (C=O) groups is 2. The molecule has 0 radical (unpaired) electrons. The summed E-state index contributed by atoms with van der Waals surface area (Å²) in [6.45, 7) is 7.10. The number of hydrogen-bond acceptors (Lipinski definition) is 3. The van der Waals surface area contributed by atoms with E-state index in [0.29, 0.717) is 5.92 Å². The second kappa shape index (κ2) is 5.30. The van der Waals surface area contributed by atoms with Gasteiger partial charge in [0.1, 0.15) is 6.04 Å². The zero-order valence-electron chi connectivity index (χ0n) is 9.99. The molecule has 16 heavy (non-hydrogen) atoms. The van der Waals surface area contributed by atoms with Gasteiger partial charge in [0.25, 0.3) is 0 Å². The molecule has 1 amide bonds. The molecule has 3 N–H and O–H groups in total. The lowest BCUT2D eigenvalue weighted by Gasteiger charge is -2.32. The van der Waals surface area contributed by atoms with Gasteiger partial charge in [0.2, 0.25) is 5.91 Å². The van der Waals surface area contributed by atoms with Crippen LogP contribution >= 0.6 is 0 Å². The van der Waals surface area contributed by atoms with E-state index in [1.54, 1.807) is 13.8 Å². The van der Waals surface area contributed by atoms with Crippen LogP contribution in [0.2, 0.25) is 0 Å². The molecule has 1 aliphatic rings. The topological polar surface area (TPSA) is 78.4 Å². The molecule has 1 fully saturated rings. The quantitative estimate of drug-likeness (QED) is 0.622. The first-order chi connectivity index (χ1) is 7.43. The van der Waals surface area contributed by atoms with Crippen molar-refractivity contribution in [3.8, 4) is 0 Å². The number of carboxylic acid groups (broad SMARTS) is 1. The predicted molar refractivity (Wildman–Crippen MR) is 59.9 cm³/mol. The molecule has 0 spiro atoms. The van der Waals surface area contributed by atoms with Gasteiger partial charge in [0, 0.05) is 5.92 Å². The molecule has 0 bridgehead atoms. The fraction of sp³-hybridized carbons (Fsp3) is 0.818. The van der Waals surface area contributed by atoms with Crippen molar-refractivity contribution in [1.29, 1.82) is 0 Å². The number of carbonyl (C=O) groups excluding carboxylic acids is 1. The maximum atomic E-state index is 11.8. The summed E-state index contributed by atoms with van der Waals surface area (Å²) in [5.41, 5.74) is 0. The summed E-state index contributed by atoms with van der Waals surface area (Å²) in [5, 5.41) is 14.7. The Morgan fingerprint density at radius 3 is 2.19 bits per heavy atom. The molecule has 0 aromatic heterocycles. The number of aliphatic carboxylic acids is 1. The molecule has 5 heteroatoms. The molecule has 1 unspecified atom stereocenters. The molecule has 1 aliphatic heterocycles. The van der Waals surface area contributed by atoms with Gasteiger partial charge in [0.15, 0.2) is 0 Å². The molecule has 0 saturated carbocycles. The van der Waals surface area contributed by atoms with Gasteiger partial charge in [-0.05, 0) is 24.9 Å². The van der Waals surface area contributed by atoms with Crippen molar-refractivity contribution >= 4 is 11.9 Å². The van der Waals surface area contributed by atoms with E-state index in [1.165, 1.54) is 0 Å². The standard InChI is InChI=1S/C11H20N2O3/c1-6(2)9(11(15)16)13-10(14)7(3)8-4-12-5-8/h6-9,12H,4-5H2,1-3H3,(H,13,14)(H,15,16)/t7?,9-/m0/s1. The van der Waals surface area contributed by atoms with Gasteiger partial charge in [-0.3, -0.25) is 4.79 Å². The molecule has 5 nitrogen and oxygen atoms in total. The van der Waals surface area contributed by atoms with Crippen molar-refractivity contribution in [1.82, 2.24) is 10.6 Å². The fourth-order valence-corrected chi connectivity index (χ4v) is 1.68. The average Bonchev–Trinajstić information content (AvgIpc) is 2.09. The maximum absolute atomic E-state index is 11.8. The van der Waals surface area contributed by atoms with Crippen molar-refractivity contribution in [2.45, 2.75) is 26.8 Å². The van der Waals surface area contributed by atoms with Gasteiger partial charge in [-0.25, -0.2) is 4.79 Å². The summed E-state index contributed by atoms with van der Waals surface area (Å²) in [6, 6.07) is -0.789. The first kappa shape index (κ1) is 13.0. The van der Waals surface area contributed by atoms with Crippen molar-refractivity contribution in [2.75, 3.05) is 13.1 Å². The third kappa shape index (κ3) is 2.95. The number of hydrogen-bond donors (Lipinski definition) is 3. The summed E-state index contributed by atoms with van der Waals surface area (Å²) >= 11 is 0. The Hall–Kier alpha value is -1.10. The first-order valence-electron chi connectivity index (χ1n) is 5.67. The third-order valence-electron chi connectivity index (χ3n) is 3.16. The molecule has 0 aliphatic carbocycles. The molecule has 1 heterocycles. The van der Waals surface area contributed by atoms with E-state index in [2.05, 4.69) is 10.6 Å². The van der Waals surface area contributed by atoms with E-state index in [0.717, 1.165) is 13.1 Å². The van der Waals surface area contributed by atoms with Crippen LogP contribution in [0.15, 0.2) is 0 Å². The Bertz CT molecular complexity index is 274. The second-order valence-corrected chi connectivity index (χ2v) is 4.78. The van der Waals surface area contributed by atoms with Crippen LogP contribution in [0.5, 0.6) is 0 Å². The van der Waals surface area contributed by atoms with Gasteiger partial charge >= 0.3 is 5.97 Å². The zero-order chi connectivity index (χ0) is 12.3. The van der Waals surface area contributed by atoms with Crippen LogP contribution in [-0.2, 0) is 9.59 Å². The molecule has 0 aromatic carbocycles. The second-order valence-electron chi connectivity index (χ2n) is 4.78. The Labute approximate surface area is 95.6 Å². The number of rotatable bonds is 5. The van der Waals surface area contributed by atoms with Crippen LogP contribution < -0.4 is 10.6 Å². The average molecular weight is 228 g/mol. The highest BCUT2D eigenvalue weighted by Gasteiger charge is 2.31. The largest absolute Gasteiger partial charge is 0.480 e. The Morgan fingerprint density at radius 1 is 1.31 bits per heavy atom. The van der Waals surface area contributed by atoms with Gasteiger partial charge in [0.05, 0.1) is 0 Å². The molecule has 92 valence electrons. The van der Waals surface area contributed by atoms with Gasteiger partial charge in [-0.1, -0.05) is 20.8 Å². The Kier molecular flexibility index (Phi) is 4.29.